The Hall–Kier alpha value is -1.93. The molecule has 4 aliphatic rings. The van der Waals surface area contributed by atoms with Crippen molar-refractivity contribution in [3.8, 4) is 0 Å². The largest absolute Gasteiger partial charge is 0.273 e. The van der Waals surface area contributed by atoms with Crippen LogP contribution >= 0.6 is 0 Å². The van der Waals surface area contributed by atoms with Gasteiger partial charge in [0, 0.05) is 13.0 Å². The van der Waals surface area contributed by atoms with Crippen LogP contribution in [0.2, 0.25) is 0 Å². The number of benzene rings is 1. The maximum absolute atomic E-state index is 12.9. The fraction of sp³-hybridized carbons (Fsp3) is 0.636. The topological polar surface area (TPSA) is 104 Å². The first-order valence-electron chi connectivity index (χ1n) is 10.8. The molecule has 0 spiro atoms. The third-order valence-electron chi connectivity index (χ3n) is 7.11. The maximum Gasteiger partial charge on any atom is 0.244 e. The second-order valence-electron chi connectivity index (χ2n) is 9.62. The summed E-state index contributed by atoms with van der Waals surface area (Å²) in [7, 11) is -3.69. The highest BCUT2D eigenvalue weighted by atomic mass is 32.2. The predicted octanol–water partition coefficient (Wildman–Crippen LogP) is 2.34. The summed E-state index contributed by atoms with van der Waals surface area (Å²) in [5, 5.41) is 0. The molecule has 1 aromatic carbocycles. The summed E-state index contributed by atoms with van der Waals surface area (Å²) in [6.07, 6.45) is 6.48. The minimum atomic E-state index is -3.69. The first-order valence-corrected chi connectivity index (χ1v) is 12.3. The lowest BCUT2D eigenvalue weighted by Crippen LogP contribution is -2.56. The van der Waals surface area contributed by atoms with Gasteiger partial charge in [-0.05, 0) is 87.3 Å². The average molecular weight is 434 g/mol. The highest BCUT2D eigenvalue weighted by molar-refractivity contribution is 7.89. The van der Waals surface area contributed by atoms with Crippen molar-refractivity contribution in [3.63, 3.8) is 0 Å². The molecule has 164 valence electrons. The lowest BCUT2D eigenvalue weighted by atomic mass is 9.49. The number of aryl methyl sites for hydroxylation is 2. The van der Waals surface area contributed by atoms with Gasteiger partial charge in [0.2, 0.25) is 21.8 Å². The molecule has 4 bridgehead atoms. The summed E-state index contributed by atoms with van der Waals surface area (Å²) >= 11 is 0. The molecule has 8 heteroatoms. The van der Waals surface area contributed by atoms with E-state index in [1.165, 1.54) is 19.3 Å². The fourth-order valence-corrected chi connectivity index (χ4v) is 7.44. The van der Waals surface area contributed by atoms with E-state index < -0.39 is 15.9 Å². The van der Waals surface area contributed by atoms with E-state index in [4.69, 9.17) is 0 Å². The molecule has 4 aliphatic carbocycles. The number of amides is 2. The molecule has 2 amide bonds. The number of hydrazine groups is 1. The Labute approximate surface area is 178 Å². The van der Waals surface area contributed by atoms with Crippen LogP contribution in [-0.2, 0) is 19.6 Å². The predicted molar refractivity (Wildman–Crippen MR) is 113 cm³/mol. The molecule has 0 radical (unpaired) electrons. The van der Waals surface area contributed by atoms with Crippen LogP contribution in [0.4, 0.5) is 0 Å². The van der Waals surface area contributed by atoms with Crippen molar-refractivity contribution in [2.75, 3.05) is 6.54 Å². The number of rotatable bonds is 6. The van der Waals surface area contributed by atoms with Crippen molar-refractivity contribution >= 4 is 21.8 Å². The zero-order valence-corrected chi connectivity index (χ0v) is 18.5. The van der Waals surface area contributed by atoms with Crippen LogP contribution in [0, 0.1) is 37.0 Å². The normalized spacial score (nSPS) is 29.6. The maximum atomic E-state index is 12.9. The molecule has 0 heterocycles. The molecular formula is C22H31N3O4S. The zero-order chi connectivity index (χ0) is 21.5. The van der Waals surface area contributed by atoms with Crippen LogP contribution in [0.3, 0.4) is 0 Å². The van der Waals surface area contributed by atoms with Crippen molar-refractivity contribution < 1.29 is 18.0 Å². The summed E-state index contributed by atoms with van der Waals surface area (Å²) in [5.74, 6) is 1.47. The molecule has 0 atom stereocenters. The fourth-order valence-electron chi connectivity index (χ4n) is 6.08. The lowest BCUT2D eigenvalue weighted by Gasteiger charge is -2.55. The van der Waals surface area contributed by atoms with Gasteiger partial charge >= 0.3 is 0 Å². The quantitative estimate of drug-likeness (QED) is 0.599. The van der Waals surface area contributed by atoms with Gasteiger partial charge in [0.15, 0.2) is 0 Å². The Morgan fingerprint density at radius 1 is 1.00 bits per heavy atom. The first-order chi connectivity index (χ1) is 14.2. The second kappa shape index (κ2) is 7.96. The Kier molecular flexibility index (Phi) is 5.66. The lowest BCUT2D eigenvalue weighted by molar-refractivity contribution is -0.148. The molecule has 0 aromatic heterocycles. The molecule has 4 fully saturated rings. The van der Waals surface area contributed by atoms with Gasteiger partial charge in [-0.2, -0.15) is 0 Å². The molecule has 4 saturated carbocycles. The van der Waals surface area contributed by atoms with Crippen molar-refractivity contribution in [1.82, 2.24) is 15.6 Å². The van der Waals surface area contributed by atoms with E-state index in [0.29, 0.717) is 23.3 Å². The number of nitrogens with one attached hydrogen (secondary N) is 3. The molecule has 3 N–H and O–H groups in total. The molecule has 5 rings (SSSR count). The standard InChI is InChI=1S/C22H31N3O4S/c1-14-3-4-15(2)19(7-14)30(28,29)23-6-5-20(26)24-25-21(27)22-11-16-8-17(12-22)10-18(9-16)13-22/h3-4,7,16-18,23H,5-6,8-13H2,1-2H3,(H,24,26)(H,25,27). The van der Waals surface area contributed by atoms with Crippen molar-refractivity contribution in [3.05, 3.63) is 29.3 Å². The molecular weight excluding hydrogens is 402 g/mol. The minimum absolute atomic E-state index is 0.0330. The van der Waals surface area contributed by atoms with Crippen LogP contribution in [0.1, 0.15) is 56.1 Å². The van der Waals surface area contributed by atoms with Crippen LogP contribution in [0.5, 0.6) is 0 Å². The third-order valence-corrected chi connectivity index (χ3v) is 8.72. The molecule has 0 unspecified atom stereocenters. The summed E-state index contributed by atoms with van der Waals surface area (Å²) in [6.45, 7) is 3.54. The van der Waals surface area contributed by atoms with Crippen molar-refractivity contribution in [2.24, 2.45) is 23.2 Å². The number of hydrogen-bond acceptors (Lipinski definition) is 4. The highest BCUT2D eigenvalue weighted by Crippen LogP contribution is 2.60. The van der Waals surface area contributed by atoms with Gasteiger partial charge in [0.1, 0.15) is 0 Å². The van der Waals surface area contributed by atoms with Crippen LogP contribution in [0.25, 0.3) is 0 Å². The Morgan fingerprint density at radius 2 is 1.60 bits per heavy atom. The number of carbonyl (C=O) groups excluding carboxylic acids is 2. The van der Waals surface area contributed by atoms with Gasteiger partial charge < -0.3 is 0 Å². The van der Waals surface area contributed by atoms with Gasteiger partial charge in [0.05, 0.1) is 10.3 Å². The minimum Gasteiger partial charge on any atom is -0.273 e. The summed E-state index contributed by atoms with van der Waals surface area (Å²) in [5.41, 5.74) is 6.28. The van der Waals surface area contributed by atoms with Crippen LogP contribution in [-0.4, -0.2) is 26.8 Å². The van der Waals surface area contributed by atoms with E-state index in [1.54, 1.807) is 19.1 Å². The SMILES string of the molecule is Cc1ccc(C)c(S(=O)(=O)NCCC(=O)NNC(=O)C23CC4CC(CC(C4)C2)C3)c1. The van der Waals surface area contributed by atoms with E-state index in [9.17, 15) is 18.0 Å². The van der Waals surface area contributed by atoms with Gasteiger partial charge in [-0.1, -0.05) is 12.1 Å². The molecule has 7 nitrogen and oxygen atoms in total. The van der Waals surface area contributed by atoms with Gasteiger partial charge in [0.25, 0.3) is 0 Å². The zero-order valence-electron chi connectivity index (χ0n) is 17.7. The average Bonchev–Trinajstić information content (AvgIpc) is 2.66. The molecule has 1 aromatic rings. The molecule has 0 aliphatic heterocycles. The van der Waals surface area contributed by atoms with E-state index in [1.807, 2.05) is 13.0 Å². The molecule has 30 heavy (non-hydrogen) atoms. The summed E-state index contributed by atoms with van der Waals surface area (Å²) in [4.78, 5) is 25.2. The van der Waals surface area contributed by atoms with Gasteiger partial charge in [-0.15, -0.1) is 0 Å². The van der Waals surface area contributed by atoms with E-state index in [2.05, 4.69) is 15.6 Å². The Morgan fingerprint density at radius 3 is 2.20 bits per heavy atom. The van der Waals surface area contributed by atoms with E-state index >= 15 is 0 Å². The summed E-state index contributed by atoms with van der Waals surface area (Å²) in [6, 6.07) is 5.23. The van der Waals surface area contributed by atoms with Crippen LogP contribution in [0.15, 0.2) is 23.1 Å². The van der Waals surface area contributed by atoms with Gasteiger partial charge in [-0.25, -0.2) is 13.1 Å². The number of sulfonamides is 1. The monoisotopic (exact) mass is 433 g/mol. The van der Waals surface area contributed by atoms with E-state index in [0.717, 1.165) is 24.8 Å². The second-order valence-corrected chi connectivity index (χ2v) is 11.4. The number of carbonyl (C=O) groups is 2. The Balaban J connectivity index is 1.25. The van der Waals surface area contributed by atoms with Gasteiger partial charge in [-0.3, -0.25) is 20.4 Å². The molecule has 0 saturated heterocycles. The van der Waals surface area contributed by atoms with E-state index in [-0.39, 0.29) is 29.2 Å². The third kappa shape index (κ3) is 4.25. The highest BCUT2D eigenvalue weighted by Gasteiger charge is 2.54. The van der Waals surface area contributed by atoms with Crippen molar-refractivity contribution in [2.45, 2.75) is 63.7 Å². The van der Waals surface area contributed by atoms with Crippen LogP contribution < -0.4 is 15.6 Å². The smallest absolute Gasteiger partial charge is 0.244 e. The number of hydrogen-bond donors (Lipinski definition) is 3. The Bertz CT molecular complexity index is 922. The summed E-state index contributed by atoms with van der Waals surface area (Å²) < 4.78 is 27.5. The first kappa shape index (κ1) is 21.3. The van der Waals surface area contributed by atoms with Crippen molar-refractivity contribution in [1.29, 1.82) is 0 Å².